The number of anilines is 1. The summed E-state index contributed by atoms with van der Waals surface area (Å²) in [7, 11) is 6.32. The molecule has 1 saturated heterocycles. The van der Waals surface area contributed by atoms with Gasteiger partial charge < -0.3 is 15.1 Å². The van der Waals surface area contributed by atoms with Crippen molar-refractivity contribution < 1.29 is 0 Å². The highest BCUT2D eigenvalue weighted by Gasteiger charge is 2.22. The Morgan fingerprint density at radius 3 is 2.81 bits per heavy atom. The number of aromatic nitrogens is 2. The van der Waals surface area contributed by atoms with Gasteiger partial charge in [-0.2, -0.15) is 0 Å². The van der Waals surface area contributed by atoms with Crippen LogP contribution in [0, 0.1) is 5.92 Å². The second-order valence-electron chi connectivity index (χ2n) is 6.54. The molecule has 2 rings (SSSR count). The minimum atomic E-state index is 0.364. The Bertz CT molecular complexity index is 460. The van der Waals surface area contributed by atoms with Gasteiger partial charge in [0.1, 0.15) is 5.82 Å². The van der Waals surface area contributed by atoms with E-state index in [1.807, 2.05) is 13.2 Å². The molecule has 5 nitrogen and oxygen atoms in total. The SMILES string of the molecule is CNCc1nc(C(C)C)ncc1N(C)CC1CCN(C)C1. The van der Waals surface area contributed by atoms with Crippen LogP contribution >= 0.6 is 0 Å². The van der Waals surface area contributed by atoms with Crippen LogP contribution < -0.4 is 10.2 Å². The first kappa shape index (κ1) is 16.2. The van der Waals surface area contributed by atoms with Crippen LogP contribution in [0.5, 0.6) is 0 Å². The maximum atomic E-state index is 4.75. The summed E-state index contributed by atoms with van der Waals surface area (Å²) in [6.45, 7) is 8.53. The summed E-state index contributed by atoms with van der Waals surface area (Å²) in [5.74, 6) is 2.04. The highest BCUT2D eigenvalue weighted by atomic mass is 15.2. The van der Waals surface area contributed by atoms with Gasteiger partial charge in [-0.05, 0) is 33.0 Å². The molecule has 0 amide bonds. The van der Waals surface area contributed by atoms with Crippen LogP contribution in [-0.2, 0) is 6.54 Å². The van der Waals surface area contributed by atoms with Crippen molar-refractivity contribution in [3.8, 4) is 0 Å². The van der Waals surface area contributed by atoms with Crippen molar-refractivity contribution in [2.75, 3.05) is 45.7 Å². The van der Waals surface area contributed by atoms with Crippen LogP contribution in [0.1, 0.15) is 37.7 Å². The Hall–Kier alpha value is -1.20. The maximum Gasteiger partial charge on any atom is 0.131 e. The number of rotatable bonds is 6. The lowest BCUT2D eigenvalue weighted by Crippen LogP contribution is -2.29. The second-order valence-corrected chi connectivity index (χ2v) is 6.54. The van der Waals surface area contributed by atoms with E-state index in [-0.39, 0.29) is 0 Å². The quantitative estimate of drug-likeness (QED) is 0.864. The monoisotopic (exact) mass is 291 g/mol. The zero-order valence-electron chi connectivity index (χ0n) is 14.1. The molecule has 21 heavy (non-hydrogen) atoms. The van der Waals surface area contributed by atoms with Crippen LogP contribution in [0.4, 0.5) is 5.69 Å². The van der Waals surface area contributed by atoms with E-state index in [1.165, 1.54) is 19.5 Å². The van der Waals surface area contributed by atoms with Gasteiger partial charge in [0.25, 0.3) is 0 Å². The van der Waals surface area contributed by atoms with E-state index >= 15 is 0 Å². The third-order valence-corrected chi connectivity index (χ3v) is 4.16. The summed E-state index contributed by atoms with van der Waals surface area (Å²) in [5.41, 5.74) is 2.26. The maximum absolute atomic E-state index is 4.75. The molecule has 1 aliphatic rings. The number of hydrogen-bond donors (Lipinski definition) is 1. The Balaban J connectivity index is 2.13. The van der Waals surface area contributed by atoms with Crippen LogP contribution in [0.2, 0.25) is 0 Å². The molecule has 0 spiro atoms. The zero-order valence-corrected chi connectivity index (χ0v) is 14.1. The number of hydrogen-bond acceptors (Lipinski definition) is 5. The highest BCUT2D eigenvalue weighted by molar-refractivity contribution is 5.48. The van der Waals surface area contributed by atoms with E-state index in [2.05, 4.69) is 48.0 Å². The van der Waals surface area contributed by atoms with Crippen molar-refractivity contribution in [3.63, 3.8) is 0 Å². The topological polar surface area (TPSA) is 44.3 Å². The van der Waals surface area contributed by atoms with Gasteiger partial charge in [-0.1, -0.05) is 13.8 Å². The third kappa shape index (κ3) is 4.14. The van der Waals surface area contributed by atoms with E-state index in [4.69, 9.17) is 4.98 Å². The summed E-state index contributed by atoms with van der Waals surface area (Å²) in [6.07, 6.45) is 3.28. The summed E-state index contributed by atoms with van der Waals surface area (Å²) in [6, 6.07) is 0. The Labute approximate surface area is 128 Å². The molecule has 1 aromatic heterocycles. The number of nitrogens with zero attached hydrogens (tertiary/aromatic N) is 4. The summed E-state index contributed by atoms with van der Waals surface area (Å²) in [5, 5.41) is 3.22. The smallest absolute Gasteiger partial charge is 0.131 e. The largest absolute Gasteiger partial charge is 0.372 e. The second kappa shape index (κ2) is 7.18. The molecule has 0 bridgehead atoms. The predicted octanol–water partition coefficient (Wildman–Crippen LogP) is 1.71. The predicted molar refractivity (Wildman–Crippen MR) is 87.8 cm³/mol. The molecule has 0 saturated carbocycles. The van der Waals surface area contributed by atoms with Gasteiger partial charge >= 0.3 is 0 Å². The van der Waals surface area contributed by atoms with Gasteiger partial charge in [0.2, 0.25) is 0 Å². The van der Waals surface area contributed by atoms with Gasteiger partial charge in [-0.15, -0.1) is 0 Å². The molecular weight excluding hydrogens is 262 g/mol. The lowest BCUT2D eigenvalue weighted by atomic mass is 10.1. The number of nitrogens with one attached hydrogen (secondary N) is 1. The molecule has 1 unspecified atom stereocenters. The molecule has 1 atom stereocenters. The molecule has 118 valence electrons. The average Bonchev–Trinajstić information content (AvgIpc) is 2.84. The summed E-state index contributed by atoms with van der Waals surface area (Å²) < 4.78 is 0. The van der Waals surface area contributed by atoms with Crippen LogP contribution in [0.3, 0.4) is 0 Å². The molecule has 1 aliphatic heterocycles. The molecule has 0 aromatic carbocycles. The fourth-order valence-corrected chi connectivity index (χ4v) is 2.98. The summed E-state index contributed by atoms with van der Waals surface area (Å²) >= 11 is 0. The first-order chi connectivity index (χ1) is 10.0. The molecule has 0 aliphatic carbocycles. The Morgan fingerprint density at radius 2 is 2.24 bits per heavy atom. The van der Waals surface area contributed by atoms with Crippen molar-refractivity contribution in [2.24, 2.45) is 5.92 Å². The van der Waals surface area contributed by atoms with Crippen LogP contribution in [0.15, 0.2) is 6.20 Å². The minimum absolute atomic E-state index is 0.364. The van der Waals surface area contributed by atoms with Gasteiger partial charge in [0.15, 0.2) is 0 Å². The van der Waals surface area contributed by atoms with Gasteiger partial charge in [-0.25, -0.2) is 9.97 Å². The Kier molecular flexibility index (Phi) is 5.53. The molecule has 2 heterocycles. The van der Waals surface area contributed by atoms with Gasteiger partial charge in [0.05, 0.1) is 17.6 Å². The first-order valence-corrected chi connectivity index (χ1v) is 7.91. The van der Waals surface area contributed by atoms with Crippen molar-refractivity contribution >= 4 is 5.69 Å². The van der Waals surface area contributed by atoms with E-state index < -0.39 is 0 Å². The fourth-order valence-electron chi connectivity index (χ4n) is 2.98. The lowest BCUT2D eigenvalue weighted by Gasteiger charge is -2.25. The lowest BCUT2D eigenvalue weighted by molar-refractivity contribution is 0.395. The average molecular weight is 291 g/mol. The van der Waals surface area contributed by atoms with Crippen LogP contribution in [0.25, 0.3) is 0 Å². The summed E-state index contributed by atoms with van der Waals surface area (Å²) in [4.78, 5) is 14.0. The van der Waals surface area contributed by atoms with Crippen LogP contribution in [-0.4, -0.2) is 55.6 Å². The van der Waals surface area contributed by atoms with Crippen molar-refractivity contribution in [1.29, 1.82) is 0 Å². The first-order valence-electron chi connectivity index (χ1n) is 7.91. The molecule has 1 fully saturated rings. The van der Waals surface area contributed by atoms with Crippen molar-refractivity contribution in [3.05, 3.63) is 17.7 Å². The van der Waals surface area contributed by atoms with Gasteiger partial charge in [0, 0.05) is 32.6 Å². The highest BCUT2D eigenvalue weighted by Crippen LogP contribution is 2.23. The fraction of sp³-hybridized carbons (Fsp3) is 0.750. The molecule has 1 N–H and O–H groups in total. The number of likely N-dealkylation sites (tertiary alicyclic amines) is 1. The molecule has 0 radical (unpaired) electrons. The van der Waals surface area contributed by atoms with E-state index in [0.29, 0.717) is 5.92 Å². The zero-order chi connectivity index (χ0) is 15.4. The minimum Gasteiger partial charge on any atom is -0.372 e. The van der Waals surface area contributed by atoms with Crippen molar-refractivity contribution in [1.82, 2.24) is 20.2 Å². The van der Waals surface area contributed by atoms with E-state index in [0.717, 1.165) is 36.2 Å². The van der Waals surface area contributed by atoms with E-state index in [9.17, 15) is 0 Å². The molecule has 1 aromatic rings. The van der Waals surface area contributed by atoms with Crippen molar-refractivity contribution in [2.45, 2.75) is 32.7 Å². The van der Waals surface area contributed by atoms with Gasteiger partial charge in [-0.3, -0.25) is 0 Å². The standard InChI is InChI=1S/C16H29N5/c1-12(2)16-18-9-15(14(19-16)8-17-3)21(5)11-13-6-7-20(4)10-13/h9,12-13,17H,6-8,10-11H2,1-5H3. The third-order valence-electron chi connectivity index (χ3n) is 4.16. The van der Waals surface area contributed by atoms with E-state index in [1.54, 1.807) is 0 Å². The Morgan fingerprint density at radius 1 is 1.48 bits per heavy atom. The normalized spacial score (nSPS) is 19.4. The molecular formula is C16H29N5. The molecule has 5 heteroatoms.